The maximum atomic E-state index is 13.0. The number of rotatable bonds is 6. The summed E-state index contributed by atoms with van der Waals surface area (Å²) in [5.41, 5.74) is 0.150. The second kappa shape index (κ2) is 5.67. The Morgan fingerprint density at radius 2 is 2.26 bits per heavy atom. The van der Waals surface area contributed by atoms with Crippen LogP contribution in [0.15, 0.2) is 24.3 Å². The molecule has 1 aromatic carbocycles. The number of hydrogen-bond donors (Lipinski definition) is 1. The first-order valence-corrected chi connectivity index (χ1v) is 6.26. The molecule has 0 bridgehead atoms. The van der Waals surface area contributed by atoms with Gasteiger partial charge in [0.15, 0.2) is 0 Å². The van der Waals surface area contributed by atoms with Gasteiger partial charge in [0, 0.05) is 13.1 Å². The van der Waals surface area contributed by atoms with E-state index in [9.17, 15) is 14.3 Å². The molecule has 1 N–H and O–H groups in total. The number of hydrogen-bond acceptors (Lipinski definition) is 3. The maximum absolute atomic E-state index is 13.0. The Morgan fingerprint density at radius 3 is 2.79 bits per heavy atom. The number of likely N-dealkylation sites (N-methyl/N-ethyl adjacent to an activating group) is 1. The van der Waals surface area contributed by atoms with Gasteiger partial charge in [-0.25, -0.2) is 4.39 Å². The third-order valence-electron chi connectivity index (χ3n) is 3.45. The lowest BCUT2D eigenvalue weighted by Gasteiger charge is -2.40. The molecule has 0 aromatic heterocycles. The number of benzene rings is 1. The Morgan fingerprint density at radius 1 is 1.53 bits per heavy atom. The predicted molar refractivity (Wildman–Crippen MR) is 68.5 cm³/mol. The van der Waals surface area contributed by atoms with Gasteiger partial charge in [0.2, 0.25) is 0 Å². The van der Waals surface area contributed by atoms with Crippen molar-refractivity contribution < 1.29 is 19.0 Å². The zero-order valence-corrected chi connectivity index (χ0v) is 10.9. The van der Waals surface area contributed by atoms with Crippen LogP contribution in [-0.4, -0.2) is 49.3 Å². The van der Waals surface area contributed by atoms with Crippen molar-refractivity contribution in [1.82, 2.24) is 4.90 Å². The molecule has 1 aliphatic heterocycles. The Kier molecular flexibility index (Phi) is 4.17. The topological polar surface area (TPSA) is 49.8 Å². The summed E-state index contributed by atoms with van der Waals surface area (Å²) in [6, 6.07) is 6.48. The molecule has 0 radical (unpaired) electrons. The van der Waals surface area contributed by atoms with Crippen LogP contribution in [0.1, 0.15) is 5.56 Å². The molecule has 1 aromatic rings. The number of ether oxygens (including phenoxy) is 1. The normalized spacial score (nSPS) is 17.2. The lowest BCUT2D eigenvalue weighted by Crippen LogP contribution is -2.55. The zero-order valence-electron chi connectivity index (χ0n) is 10.9. The monoisotopic (exact) mass is 267 g/mol. The first-order valence-electron chi connectivity index (χ1n) is 6.26. The van der Waals surface area contributed by atoms with Crippen molar-refractivity contribution in [3.05, 3.63) is 35.6 Å². The van der Waals surface area contributed by atoms with Crippen LogP contribution in [0.25, 0.3) is 0 Å². The summed E-state index contributed by atoms with van der Waals surface area (Å²) in [6.45, 7) is 1.69. The minimum Gasteiger partial charge on any atom is -0.481 e. The quantitative estimate of drug-likeness (QED) is 0.846. The fourth-order valence-electron chi connectivity index (χ4n) is 2.24. The molecule has 0 unspecified atom stereocenters. The van der Waals surface area contributed by atoms with E-state index in [0.717, 1.165) is 5.56 Å². The van der Waals surface area contributed by atoms with Crippen molar-refractivity contribution in [3.8, 4) is 0 Å². The molecular formula is C14H18FNO3. The van der Waals surface area contributed by atoms with Crippen LogP contribution >= 0.6 is 0 Å². The van der Waals surface area contributed by atoms with Crippen LogP contribution in [0.3, 0.4) is 0 Å². The Hall–Kier alpha value is -1.46. The van der Waals surface area contributed by atoms with Gasteiger partial charge in [-0.05, 0) is 31.2 Å². The summed E-state index contributed by atoms with van der Waals surface area (Å²) >= 11 is 0. The van der Waals surface area contributed by atoms with Crippen LogP contribution in [0.5, 0.6) is 0 Å². The Labute approximate surface area is 111 Å². The molecule has 19 heavy (non-hydrogen) atoms. The predicted octanol–water partition coefficient (Wildman–Crippen LogP) is 1.40. The molecule has 0 saturated carbocycles. The van der Waals surface area contributed by atoms with E-state index in [0.29, 0.717) is 19.5 Å². The number of halogens is 1. The average molecular weight is 267 g/mol. The fourth-order valence-corrected chi connectivity index (χ4v) is 2.24. The van der Waals surface area contributed by atoms with Crippen molar-refractivity contribution >= 4 is 5.97 Å². The van der Waals surface area contributed by atoms with Crippen LogP contribution in [0.4, 0.5) is 4.39 Å². The van der Waals surface area contributed by atoms with Gasteiger partial charge in [-0.2, -0.15) is 0 Å². The Balaban J connectivity index is 1.85. The average Bonchev–Trinajstić information content (AvgIpc) is 2.31. The summed E-state index contributed by atoms with van der Waals surface area (Å²) in [5.74, 6) is -1.05. The van der Waals surface area contributed by atoms with E-state index in [-0.39, 0.29) is 19.0 Å². The van der Waals surface area contributed by atoms with Crippen molar-refractivity contribution in [2.45, 2.75) is 6.42 Å². The number of carbonyl (C=O) groups is 1. The molecule has 0 spiro atoms. The van der Waals surface area contributed by atoms with Gasteiger partial charge < -0.3 is 14.7 Å². The largest absolute Gasteiger partial charge is 0.481 e. The van der Waals surface area contributed by atoms with Crippen LogP contribution in [0, 0.1) is 11.2 Å². The molecule has 0 atom stereocenters. The molecule has 1 aliphatic rings. The highest BCUT2D eigenvalue weighted by molar-refractivity contribution is 5.76. The first-order chi connectivity index (χ1) is 9.02. The highest BCUT2D eigenvalue weighted by atomic mass is 19.1. The van der Waals surface area contributed by atoms with Gasteiger partial charge in [0.1, 0.15) is 11.2 Å². The van der Waals surface area contributed by atoms with Gasteiger partial charge in [-0.1, -0.05) is 12.1 Å². The lowest BCUT2D eigenvalue weighted by atomic mass is 9.85. The standard InChI is InChI=1S/C14H18FNO3/c1-16(8-14(13(17)18)9-19-10-14)6-5-11-3-2-4-12(15)7-11/h2-4,7H,5-6,8-10H2,1H3,(H,17,18). The molecular weight excluding hydrogens is 249 g/mol. The van der Waals surface area contributed by atoms with Crippen LogP contribution in [0.2, 0.25) is 0 Å². The zero-order chi connectivity index (χ0) is 13.9. The van der Waals surface area contributed by atoms with Gasteiger partial charge in [-0.15, -0.1) is 0 Å². The molecule has 0 aliphatic carbocycles. The second-order valence-corrected chi connectivity index (χ2v) is 5.20. The summed E-state index contributed by atoms with van der Waals surface area (Å²) < 4.78 is 18.0. The van der Waals surface area contributed by atoms with Gasteiger partial charge in [0.25, 0.3) is 0 Å². The van der Waals surface area contributed by atoms with E-state index >= 15 is 0 Å². The highest BCUT2D eigenvalue weighted by Gasteiger charge is 2.46. The van der Waals surface area contributed by atoms with Gasteiger partial charge in [-0.3, -0.25) is 4.79 Å². The second-order valence-electron chi connectivity index (χ2n) is 5.20. The summed E-state index contributed by atoms with van der Waals surface area (Å²) in [7, 11) is 1.88. The number of nitrogens with zero attached hydrogens (tertiary/aromatic N) is 1. The molecule has 1 saturated heterocycles. The van der Waals surface area contributed by atoms with E-state index in [1.54, 1.807) is 6.07 Å². The summed E-state index contributed by atoms with van der Waals surface area (Å²) in [5, 5.41) is 9.20. The lowest BCUT2D eigenvalue weighted by molar-refractivity contribution is -0.182. The maximum Gasteiger partial charge on any atom is 0.315 e. The highest BCUT2D eigenvalue weighted by Crippen LogP contribution is 2.28. The third-order valence-corrected chi connectivity index (χ3v) is 3.45. The minimum absolute atomic E-state index is 0.241. The minimum atomic E-state index is -0.809. The van der Waals surface area contributed by atoms with Gasteiger partial charge in [0.05, 0.1) is 13.2 Å². The van der Waals surface area contributed by atoms with E-state index < -0.39 is 11.4 Å². The molecule has 0 amide bonds. The van der Waals surface area contributed by atoms with Crippen molar-refractivity contribution in [1.29, 1.82) is 0 Å². The number of carboxylic acids is 1. The third kappa shape index (κ3) is 3.30. The SMILES string of the molecule is CN(CCc1cccc(F)c1)CC1(C(=O)O)COC1. The first kappa shape index (κ1) is 14.0. The van der Waals surface area contributed by atoms with Crippen molar-refractivity contribution in [2.75, 3.05) is 33.4 Å². The molecule has 1 fully saturated rings. The van der Waals surface area contributed by atoms with Crippen molar-refractivity contribution in [3.63, 3.8) is 0 Å². The number of aliphatic carboxylic acids is 1. The summed E-state index contributed by atoms with van der Waals surface area (Å²) in [6.07, 6.45) is 0.699. The summed E-state index contributed by atoms with van der Waals surface area (Å²) in [4.78, 5) is 13.2. The molecule has 1 heterocycles. The van der Waals surface area contributed by atoms with Crippen LogP contribution in [-0.2, 0) is 16.0 Å². The number of carboxylic acid groups (broad SMARTS) is 1. The molecule has 2 rings (SSSR count). The van der Waals surface area contributed by atoms with E-state index in [4.69, 9.17) is 4.74 Å². The Bertz CT molecular complexity index is 460. The molecule has 104 valence electrons. The van der Waals surface area contributed by atoms with E-state index in [1.165, 1.54) is 12.1 Å². The van der Waals surface area contributed by atoms with E-state index in [1.807, 2.05) is 18.0 Å². The van der Waals surface area contributed by atoms with Crippen LogP contribution < -0.4 is 0 Å². The van der Waals surface area contributed by atoms with E-state index in [2.05, 4.69) is 0 Å². The molecule has 4 nitrogen and oxygen atoms in total. The smallest absolute Gasteiger partial charge is 0.315 e. The van der Waals surface area contributed by atoms with Crippen molar-refractivity contribution in [2.24, 2.45) is 5.41 Å². The van der Waals surface area contributed by atoms with Gasteiger partial charge >= 0.3 is 5.97 Å². The molecule has 5 heteroatoms. The fraction of sp³-hybridized carbons (Fsp3) is 0.500.